The molecule has 22 heavy (non-hydrogen) atoms. The van der Waals surface area contributed by atoms with Crippen LogP contribution in [0.1, 0.15) is 18.4 Å². The molecule has 0 spiro atoms. The average Bonchev–Trinajstić information content (AvgIpc) is 3.09. The van der Waals surface area contributed by atoms with Crippen LogP contribution in [-0.4, -0.2) is 40.9 Å². The summed E-state index contributed by atoms with van der Waals surface area (Å²) in [5, 5.41) is 14.1. The number of aromatic nitrogens is 1. The van der Waals surface area contributed by atoms with Crippen molar-refractivity contribution < 1.29 is 14.6 Å². The summed E-state index contributed by atoms with van der Waals surface area (Å²) in [4.78, 5) is 12.0. The first-order valence-electron chi connectivity index (χ1n) is 7.67. The summed E-state index contributed by atoms with van der Waals surface area (Å²) in [5.41, 5.74) is 1.46. The molecule has 0 bridgehead atoms. The Morgan fingerprint density at radius 1 is 1.45 bits per heavy atom. The van der Waals surface area contributed by atoms with Crippen molar-refractivity contribution in [1.29, 1.82) is 0 Å². The molecular formula is C17H22N2O3. The first-order valence-corrected chi connectivity index (χ1v) is 7.67. The number of para-hydroxylation sites is 1. The Kier molecular flexibility index (Phi) is 4.18. The molecule has 2 N–H and O–H groups in total. The molecule has 0 unspecified atom stereocenters. The number of fused-ring (bicyclic) bond motifs is 1. The normalized spacial score (nSPS) is 21.4. The topological polar surface area (TPSA) is 63.5 Å². The van der Waals surface area contributed by atoms with Gasteiger partial charge in [-0.3, -0.25) is 4.79 Å². The van der Waals surface area contributed by atoms with Crippen LogP contribution in [0.15, 0.2) is 30.5 Å². The van der Waals surface area contributed by atoms with Crippen LogP contribution in [0.5, 0.6) is 0 Å². The predicted molar refractivity (Wildman–Crippen MR) is 84.6 cm³/mol. The van der Waals surface area contributed by atoms with Gasteiger partial charge in [0.05, 0.1) is 6.61 Å². The van der Waals surface area contributed by atoms with E-state index in [1.54, 1.807) is 0 Å². The fraction of sp³-hybridized carbons (Fsp3) is 0.471. The number of nitrogens with zero attached hydrogens (tertiary/aromatic N) is 1. The molecule has 2 heterocycles. The van der Waals surface area contributed by atoms with Crippen LogP contribution >= 0.6 is 0 Å². The highest BCUT2D eigenvalue weighted by Crippen LogP contribution is 2.21. The summed E-state index contributed by atoms with van der Waals surface area (Å²) in [6, 6.07) is 8.19. The van der Waals surface area contributed by atoms with Crippen molar-refractivity contribution in [3.8, 4) is 0 Å². The van der Waals surface area contributed by atoms with Crippen molar-refractivity contribution in [3.63, 3.8) is 0 Å². The van der Waals surface area contributed by atoms with Gasteiger partial charge < -0.3 is 19.7 Å². The summed E-state index contributed by atoms with van der Waals surface area (Å²) in [6.45, 7) is 1.13. The van der Waals surface area contributed by atoms with E-state index in [0.717, 1.165) is 0 Å². The van der Waals surface area contributed by atoms with Crippen LogP contribution in [0.2, 0.25) is 0 Å². The van der Waals surface area contributed by atoms with Crippen molar-refractivity contribution in [2.75, 3.05) is 19.8 Å². The highest BCUT2D eigenvalue weighted by molar-refractivity contribution is 5.84. The molecule has 0 saturated carbocycles. The summed E-state index contributed by atoms with van der Waals surface area (Å²) in [7, 11) is 2.02. The van der Waals surface area contributed by atoms with Gasteiger partial charge in [-0.1, -0.05) is 18.2 Å². The van der Waals surface area contributed by atoms with E-state index in [9.17, 15) is 9.90 Å². The van der Waals surface area contributed by atoms with Crippen molar-refractivity contribution in [1.82, 2.24) is 9.88 Å². The number of rotatable bonds is 5. The number of amides is 1. The second-order valence-electron chi connectivity index (χ2n) is 6.09. The maximum atomic E-state index is 12.0. The van der Waals surface area contributed by atoms with E-state index in [0.29, 0.717) is 32.5 Å². The molecule has 1 aliphatic heterocycles. The van der Waals surface area contributed by atoms with Crippen molar-refractivity contribution >= 4 is 16.8 Å². The van der Waals surface area contributed by atoms with E-state index in [-0.39, 0.29) is 12.5 Å². The summed E-state index contributed by atoms with van der Waals surface area (Å²) in [5.74, 6) is -0.0340. The molecule has 1 fully saturated rings. The van der Waals surface area contributed by atoms with Crippen molar-refractivity contribution in [2.45, 2.75) is 24.9 Å². The molecule has 1 amide bonds. The summed E-state index contributed by atoms with van der Waals surface area (Å²) >= 11 is 0. The Bertz CT molecular complexity index is 672. The predicted octanol–water partition coefficient (Wildman–Crippen LogP) is 1.38. The third kappa shape index (κ3) is 3.15. The molecule has 0 aliphatic carbocycles. The van der Waals surface area contributed by atoms with E-state index >= 15 is 0 Å². The van der Waals surface area contributed by atoms with Crippen LogP contribution < -0.4 is 5.32 Å². The van der Waals surface area contributed by atoms with E-state index in [1.165, 1.54) is 16.5 Å². The Hall–Kier alpha value is -1.85. The van der Waals surface area contributed by atoms with Crippen LogP contribution in [0, 0.1) is 0 Å². The number of benzene rings is 1. The highest BCUT2D eigenvalue weighted by Gasteiger charge is 2.32. The third-order valence-corrected chi connectivity index (χ3v) is 4.30. The molecule has 5 heteroatoms. The van der Waals surface area contributed by atoms with E-state index < -0.39 is 5.60 Å². The number of aryl methyl sites for hydroxylation is 2. The van der Waals surface area contributed by atoms with Gasteiger partial charge in [0.15, 0.2) is 0 Å². The van der Waals surface area contributed by atoms with Gasteiger partial charge in [0.2, 0.25) is 5.91 Å². The minimum atomic E-state index is -0.894. The molecule has 1 saturated heterocycles. The fourth-order valence-corrected chi connectivity index (χ4v) is 2.96. The Labute approximate surface area is 129 Å². The van der Waals surface area contributed by atoms with Crippen LogP contribution in [-0.2, 0) is 23.0 Å². The summed E-state index contributed by atoms with van der Waals surface area (Å²) in [6.07, 6.45) is 3.78. The van der Waals surface area contributed by atoms with E-state index in [1.807, 2.05) is 19.2 Å². The molecule has 1 aliphatic rings. The molecule has 2 aromatic rings. The molecule has 118 valence electrons. The smallest absolute Gasteiger partial charge is 0.220 e. The minimum Gasteiger partial charge on any atom is -0.386 e. The molecule has 5 nitrogen and oxygen atoms in total. The molecule has 1 aromatic heterocycles. The number of aliphatic hydroxyl groups is 1. The molecule has 0 radical (unpaired) electrons. The van der Waals surface area contributed by atoms with E-state index in [2.05, 4.69) is 28.2 Å². The van der Waals surface area contributed by atoms with Gasteiger partial charge >= 0.3 is 0 Å². The number of carbonyl (C=O) groups is 1. The highest BCUT2D eigenvalue weighted by atomic mass is 16.5. The zero-order valence-electron chi connectivity index (χ0n) is 12.8. The van der Waals surface area contributed by atoms with Gasteiger partial charge in [0.1, 0.15) is 5.60 Å². The second kappa shape index (κ2) is 6.10. The number of hydrogen-bond donors (Lipinski definition) is 2. The Balaban J connectivity index is 1.56. The van der Waals surface area contributed by atoms with Gasteiger partial charge in [-0.15, -0.1) is 0 Å². The Morgan fingerprint density at radius 3 is 3.05 bits per heavy atom. The van der Waals surface area contributed by atoms with Crippen LogP contribution in [0.3, 0.4) is 0 Å². The second-order valence-corrected chi connectivity index (χ2v) is 6.09. The van der Waals surface area contributed by atoms with Crippen molar-refractivity contribution in [2.24, 2.45) is 7.05 Å². The number of nitrogens with one attached hydrogen (secondary N) is 1. The maximum Gasteiger partial charge on any atom is 0.220 e. The van der Waals surface area contributed by atoms with Gasteiger partial charge in [-0.25, -0.2) is 0 Å². The van der Waals surface area contributed by atoms with Crippen molar-refractivity contribution in [3.05, 3.63) is 36.0 Å². The number of ether oxygens (including phenoxy) is 1. The average molecular weight is 302 g/mol. The van der Waals surface area contributed by atoms with Gasteiger partial charge in [0, 0.05) is 50.1 Å². The zero-order valence-corrected chi connectivity index (χ0v) is 12.8. The quantitative estimate of drug-likeness (QED) is 0.877. The lowest BCUT2D eigenvalue weighted by atomic mass is 10.0. The first-order chi connectivity index (χ1) is 10.6. The van der Waals surface area contributed by atoms with Crippen LogP contribution in [0.25, 0.3) is 10.9 Å². The molecule has 1 aromatic carbocycles. The van der Waals surface area contributed by atoms with Gasteiger partial charge in [-0.2, -0.15) is 0 Å². The SMILES string of the molecule is Cn1cc(CCC(=O)NC[C@]2(O)CCOC2)c2ccccc21. The standard InChI is InChI=1S/C17H22N2O3/c1-19-10-13(14-4-2-3-5-15(14)19)6-7-16(20)18-11-17(21)8-9-22-12-17/h2-5,10,21H,6-9,11-12H2,1H3,(H,18,20)/t17-/m1/s1. The van der Waals surface area contributed by atoms with Gasteiger partial charge in [0.25, 0.3) is 0 Å². The molecule has 1 atom stereocenters. The minimum absolute atomic E-state index is 0.0340. The monoisotopic (exact) mass is 302 g/mol. The van der Waals surface area contributed by atoms with Crippen LogP contribution in [0.4, 0.5) is 0 Å². The fourth-order valence-electron chi connectivity index (χ4n) is 2.96. The number of carbonyl (C=O) groups excluding carboxylic acids is 1. The van der Waals surface area contributed by atoms with Gasteiger partial charge in [-0.05, 0) is 18.1 Å². The molecule has 3 rings (SSSR count). The number of hydrogen-bond acceptors (Lipinski definition) is 3. The lowest BCUT2D eigenvalue weighted by Gasteiger charge is -2.20. The third-order valence-electron chi connectivity index (χ3n) is 4.30. The lowest BCUT2D eigenvalue weighted by Crippen LogP contribution is -2.43. The summed E-state index contributed by atoms with van der Waals surface area (Å²) < 4.78 is 7.25. The largest absolute Gasteiger partial charge is 0.386 e. The maximum absolute atomic E-state index is 12.0. The lowest BCUT2D eigenvalue weighted by molar-refractivity contribution is -0.122. The first kappa shape index (κ1) is 15.1. The molecular weight excluding hydrogens is 280 g/mol. The Morgan fingerprint density at radius 2 is 2.27 bits per heavy atom. The van der Waals surface area contributed by atoms with E-state index in [4.69, 9.17) is 4.74 Å². The zero-order chi connectivity index (χ0) is 15.6.